The lowest BCUT2D eigenvalue weighted by Crippen LogP contribution is -2.22. The van der Waals surface area contributed by atoms with Crippen molar-refractivity contribution >= 4 is 23.0 Å². The topological polar surface area (TPSA) is 48.5 Å². The molecule has 1 amide bonds. The highest BCUT2D eigenvalue weighted by Crippen LogP contribution is 2.23. The molecule has 0 aliphatic rings. The number of unbranched alkanes of at least 4 members (excludes halogenated alkanes) is 1. The number of anilines is 3. The van der Waals surface area contributed by atoms with Gasteiger partial charge < -0.3 is 15.1 Å². The van der Waals surface area contributed by atoms with Gasteiger partial charge in [0.25, 0.3) is 5.91 Å². The minimum Gasteiger partial charge on any atom is -0.373 e. The SMILES string of the molecule is CCCCN(C)c1cncc(C(=O)Nc2ccc(N(CC)CC)cc2C)c1. The Kier molecular flexibility index (Phi) is 7.65. The number of aryl methyl sites for hydroxylation is 1. The predicted molar refractivity (Wildman–Crippen MR) is 115 cm³/mol. The second-order valence-electron chi connectivity index (χ2n) is 6.83. The molecule has 1 heterocycles. The maximum Gasteiger partial charge on any atom is 0.257 e. The highest BCUT2D eigenvalue weighted by atomic mass is 16.1. The molecule has 0 unspecified atom stereocenters. The zero-order valence-corrected chi connectivity index (χ0v) is 17.2. The summed E-state index contributed by atoms with van der Waals surface area (Å²) >= 11 is 0. The molecular formula is C22H32N4O. The Morgan fingerprint density at radius 3 is 2.44 bits per heavy atom. The normalized spacial score (nSPS) is 10.6. The summed E-state index contributed by atoms with van der Waals surface area (Å²) in [5.74, 6) is -0.132. The number of carbonyl (C=O) groups is 1. The van der Waals surface area contributed by atoms with Crippen LogP contribution < -0.4 is 15.1 Å². The van der Waals surface area contributed by atoms with Crippen LogP contribution >= 0.6 is 0 Å². The second-order valence-corrected chi connectivity index (χ2v) is 6.83. The van der Waals surface area contributed by atoms with E-state index in [1.807, 2.05) is 26.1 Å². The number of pyridine rings is 1. The number of nitrogens with zero attached hydrogens (tertiary/aromatic N) is 3. The first-order valence-electron chi connectivity index (χ1n) is 9.83. The third-order valence-electron chi connectivity index (χ3n) is 4.86. The van der Waals surface area contributed by atoms with Crippen molar-refractivity contribution in [2.75, 3.05) is 41.8 Å². The summed E-state index contributed by atoms with van der Waals surface area (Å²) in [5, 5.41) is 3.02. The van der Waals surface area contributed by atoms with Crippen LogP contribution in [0.5, 0.6) is 0 Å². The molecule has 1 N–H and O–H groups in total. The lowest BCUT2D eigenvalue weighted by atomic mass is 10.1. The molecule has 1 aromatic heterocycles. The van der Waals surface area contributed by atoms with Crippen LogP contribution in [0.2, 0.25) is 0 Å². The first kappa shape index (κ1) is 20.7. The first-order valence-corrected chi connectivity index (χ1v) is 9.83. The minimum atomic E-state index is -0.132. The van der Waals surface area contributed by atoms with Crippen LogP contribution in [0.25, 0.3) is 0 Å². The van der Waals surface area contributed by atoms with Crippen molar-refractivity contribution in [3.8, 4) is 0 Å². The fourth-order valence-corrected chi connectivity index (χ4v) is 3.05. The van der Waals surface area contributed by atoms with Crippen LogP contribution in [-0.4, -0.2) is 37.6 Å². The van der Waals surface area contributed by atoms with Crippen LogP contribution in [0.15, 0.2) is 36.7 Å². The lowest BCUT2D eigenvalue weighted by molar-refractivity contribution is 0.102. The van der Waals surface area contributed by atoms with Crippen LogP contribution in [0.4, 0.5) is 17.1 Å². The molecule has 0 aliphatic carbocycles. The van der Waals surface area contributed by atoms with E-state index in [0.717, 1.165) is 49.4 Å². The largest absolute Gasteiger partial charge is 0.373 e. The summed E-state index contributed by atoms with van der Waals surface area (Å²) in [6, 6.07) is 8.06. The van der Waals surface area contributed by atoms with Gasteiger partial charge in [-0.25, -0.2) is 0 Å². The Morgan fingerprint density at radius 2 is 1.81 bits per heavy atom. The maximum absolute atomic E-state index is 12.7. The molecule has 2 aromatic rings. The Morgan fingerprint density at radius 1 is 1.07 bits per heavy atom. The number of benzene rings is 1. The smallest absolute Gasteiger partial charge is 0.257 e. The van der Waals surface area contributed by atoms with Crippen LogP contribution in [0, 0.1) is 6.92 Å². The van der Waals surface area contributed by atoms with E-state index >= 15 is 0 Å². The van der Waals surface area contributed by atoms with E-state index < -0.39 is 0 Å². The number of carbonyl (C=O) groups excluding carboxylic acids is 1. The van der Waals surface area contributed by atoms with E-state index in [0.29, 0.717) is 5.56 Å². The van der Waals surface area contributed by atoms with Crippen molar-refractivity contribution in [3.63, 3.8) is 0 Å². The van der Waals surface area contributed by atoms with E-state index in [4.69, 9.17) is 0 Å². The third kappa shape index (κ3) is 5.46. The van der Waals surface area contributed by atoms with E-state index in [-0.39, 0.29) is 5.91 Å². The standard InChI is InChI=1S/C22H32N4O/c1-6-9-12-25(5)20-14-18(15-23-16-20)22(27)24-21-11-10-19(13-17(21)4)26(7-2)8-3/h10-11,13-16H,6-9,12H2,1-5H3,(H,24,27). The zero-order valence-electron chi connectivity index (χ0n) is 17.2. The summed E-state index contributed by atoms with van der Waals surface area (Å²) < 4.78 is 0. The number of amides is 1. The minimum absolute atomic E-state index is 0.132. The molecule has 5 heteroatoms. The van der Waals surface area contributed by atoms with Gasteiger partial charge in [0, 0.05) is 44.3 Å². The van der Waals surface area contributed by atoms with Gasteiger partial charge in [0.15, 0.2) is 0 Å². The van der Waals surface area contributed by atoms with E-state index in [9.17, 15) is 4.79 Å². The van der Waals surface area contributed by atoms with Gasteiger partial charge in [-0.1, -0.05) is 13.3 Å². The van der Waals surface area contributed by atoms with Gasteiger partial charge in [-0.15, -0.1) is 0 Å². The summed E-state index contributed by atoms with van der Waals surface area (Å²) in [6.07, 6.45) is 5.67. The van der Waals surface area contributed by atoms with Crippen LogP contribution in [0.1, 0.15) is 49.5 Å². The summed E-state index contributed by atoms with van der Waals surface area (Å²) in [4.78, 5) is 21.4. The molecule has 0 bridgehead atoms. The molecule has 0 aliphatic heterocycles. The van der Waals surface area contributed by atoms with Crippen LogP contribution in [0.3, 0.4) is 0 Å². The quantitative estimate of drug-likeness (QED) is 0.695. The van der Waals surface area contributed by atoms with Crippen molar-refractivity contribution in [3.05, 3.63) is 47.8 Å². The summed E-state index contributed by atoms with van der Waals surface area (Å²) in [7, 11) is 2.03. The summed E-state index contributed by atoms with van der Waals surface area (Å²) in [5.41, 5.74) is 4.60. The van der Waals surface area contributed by atoms with Gasteiger partial charge in [-0.05, 0) is 57.0 Å². The molecule has 0 saturated heterocycles. The van der Waals surface area contributed by atoms with Crippen LogP contribution in [-0.2, 0) is 0 Å². The molecule has 5 nitrogen and oxygen atoms in total. The fourth-order valence-electron chi connectivity index (χ4n) is 3.05. The highest BCUT2D eigenvalue weighted by molar-refractivity contribution is 6.05. The Balaban J connectivity index is 2.13. The average Bonchev–Trinajstić information content (AvgIpc) is 2.69. The Labute approximate surface area is 163 Å². The monoisotopic (exact) mass is 368 g/mol. The predicted octanol–water partition coefficient (Wildman–Crippen LogP) is 4.72. The second kappa shape index (κ2) is 9.95. The maximum atomic E-state index is 12.7. The van der Waals surface area contributed by atoms with Gasteiger partial charge in [0.2, 0.25) is 0 Å². The van der Waals surface area contributed by atoms with E-state index in [2.05, 4.69) is 53.0 Å². The molecule has 0 atom stereocenters. The molecular weight excluding hydrogens is 336 g/mol. The molecule has 0 radical (unpaired) electrons. The Bertz CT molecular complexity index is 756. The van der Waals surface area contributed by atoms with Gasteiger partial charge >= 0.3 is 0 Å². The van der Waals surface area contributed by atoms with Crippen molar-refractivity contribution in [2.24, 2.45) is 0 Å². The molecule has 0 fully saturated rings. The fraction of sp³-hybridized carbons (Fsp3) is 0.455. The van der Waals surface area contributed by atoms with E-state index in [1.165, 1.54) is 5.69 Å². The molecule has 0 saturated carbocycles. The van der Waals surface area contributed by atoms with Gasteiger partial charge in [-0.3, -0.25) is 9.78 Å². The Hall–Kier alpha value is -2.56. The lowest BCUT2D eigenvalue weighted by Gasteiger charge is -2.22. The molecule has 0 spiro atoms. The van der Waals surface area contributed by atoms with E-state index in [1.54, 1.807) is 12.4 Å². The zero-order chi connectivity index (χ0) is 19.8. The molecule has 146 valence electrons. The van der Waals surface area contributed by atoms with Crippen molar-refractivity contribution < 1.29 is 4.79 Å². The highest BCUT2D eigenvalue weighted by Gasteiger charge is 2.12. The number of aromatic nitrogens is 1. The van der Waals surface area contributed by atoms with Crippen molar-refractivity contribution in [2.45, 2.75) is 40.5 Å². The van der Waals surface area contributed by atoms with Gasteiger partial charge in [-0.2, -0.15) is 0 Å². The van der Waals surface area contributed by atoms with Crippen molar-refractivity contribution in [1.29, 1.82) is 0 Å². The molecule has 2 rings (SSSR count). The number of rotatable bonds is 9. The molecule has 27 heavy (non-hydrogen) atoms. The number of hydrogen-bond donors (Lipinski definition) is 1. The number of nitrogens with one attached hydrogen (secondary N) is 1. The molecule has 1 aromatic carbocycles. The average molecular weight is 369 g/mol. The number of hydrogen-bond acceptors (Lipinski definition) is 4. The third-order valence-corrected chi connectivity index (χ3v) is 4.86. The van der Waals surface area contributed by atoms with Crippen molar-refractivity contribution in [1.82, 2.24) is 4.98 Å². The first-order chi connectivity index (χ1) is 13.0. The summed E-state index contributed by atoms with van der Waals surface area (Å²) in [6.45, 7) is 11.4. The van der Waals surface area contributed by atoms with Gasteiger partial charge in [0.05, 0.1) is 17.4 Å². The van der Waals surface area contributed by atoms with Gasteiger partial charge in [0.1, 0.15) is 0 Å².